The van der Waals surface area contributed by atoms with Crippen molar-refractivity contribution in [1.82, 2.24) is 15.3 Å². The number of carbonyl (C=O) groups is 1. The Kier molecular flexibility index (Phi) is 7.79. The molecular weight excluding hydrogens is 392 g/mol. The van der Waals surface area contributed by atoms with E-state index in [-0.39, 0.29) is 30.4 Å². The van der Waals surface area contributed by atoms with E-state index in [9.17, 15) is 4.79 Å². The Labute approximate surface area is 183 Å². The Morgan fingerprint density at radius 1 is 1.29 bits per heavy atom. The molecule has 1 aromatic heterocycles. The number of carbonyl (C=O) groups excluding carboxylic acids is 1. The average molecular weight is 427 g/mol. The van der Waals surface area contributed by atoms with Crippen molar-refractivity contribution in [2.75, 3.05) is 18.5 Å². The molecule has 1 saturated carbocycles. The summed E-state index contributed by atoms with van der Waals surface area (Å²) in [7, 11) is 0. The number of benzene rings is 1. The Bertz CT molecular complexity index is 943. The molecule has 168 valence electrons. The predicted octanol–water partition coefficient (Wildman–Crippen LogP) is 2.79. The Morgan fingerprint density at radius 2 is 2.06 bits per heavy atom. The van der Waals surface area contributed by atoms with Crippen LogP contribution in [0.4, 0.5) is 5.82 Å². The number of nitrogens with two attached hydrogens (primary N) is 1. The number of fused-ring (bicyclic) bond motifs is 1. The number of aliphatic hydroxyl groups is 1. The van der Waals surface area contributed by atoms with Gasteiger partial charge in [0.15, 0.2) is 0 Å². The van der Waals surface area contributed by atoms with Gasteiger partial charge in [-0.25, -0.2) is 9.97 Å². The van der Waals surface area contributed by atoms with Crippen molar-refractivity contribution in [1.29, 1.82) is 0 Å². The molecule has 1 aromatic carbocycles. The lowest BCUT2D eigenvalue weighted by molar-refractivity contribution is 0.0939. The van der Waals surface area contributed by atoms with Crippen molar-refractivity contribution in [3.63, 3.8) is 0 Å². The fourth-order valence-corrected chi connectivity index (χ4v) is 3.83. The zero-order valence-corrected chi connectivity index (χ0v) is 18.7. The first-order chi connectivity index (χ1) is 14.9. The van der Waals surface area contributed by atoms with Gasteiger partial charge >= 0.3 is 0 Å². The number of aromatic nitrogens is 2. The van der Waals surface area contributed by atoms with Crippen molar-refractivity contribution >= 4 is 28.5 Å². The van der Waals surface area contributed by atoms with Crippen molar-refractivity contribution in [3.05, 3.63) is 29.6 Å². The van der Waals surface area contributed by atoms with Gasteiger partial charge in [-0.15, -0.1) is 0 Å². The van der Waals surface area contributed by atoms with Gasteiger partial charge in [-0.1, -0.05) is 38.3 Å². The number of aliphatic hydroxyl groups excluding tert-OH is 1. The van der Waals surface area contributed by atoms with Crippen LogP contribution >= 0.6 is 0 Å². The zero-order chi connectivity index (χ0) is 22.4. The molecule has 1 amide bonds. The van der Waals surface area contributed by atoms with Gasteiger partial charge in [0.05, 0.1) is 24.0 Å². The number of hydrogen-bond acceptors (Lipinski definition) is 6. The topological polar surface area (TPSA) is 126 Å². The predicted molar refractivity (Wildman–Crippen MR) is 124 cm³/mol. The van der Waals surface area contributed by atoms with Crippen LogP contribution in [0.25, 0.3) is 10.9 Å². The summed E-state index contributed by atoms with van der Waals surface area (Å²) in [6.07, 6.45) is 4.41. The van der Waals surface area contributed by atoms with Crippen LogP contribution in [0.5, 0.6) is 0 Å². The maximum absolute atomic E-state index is 12.7. The van der Waals surface area contributed by atoms with Gasteiger partial charge in [0, 0.05) is 24.4 Å². The molecule has 1 heterocycles. The smallest absolute Gasteiger partial charge is 0.289 e. The quantitative estimate of drug-likeness (QED) is 0.380. The van der Waals surface area contributed by atoms with Crippen molar-refractivity contribution in [2.24, 2.45) is 16.6 Å². The van der Waals surface area contributed by atoms with E-state index in [1.165, 1.54) is 0 Å². The van der Waals surface area contributed by atoms with E-state index >= 15 is 0 Å². The van der Waals surface area contributed by atoms with E-state index in [4.69, 9.17) is 10.8 Å². The van der Waals surface area contributed by atoms with Crippen molar-refractivity contribution in [2.45, 2.75) is 65.0 Å². The number of nitrogens with one attached hydrogen (secondary N) is 2. The summed E-state index contributed by atoms with van der Waals surface area (Å²) in [4.78, 5) is 26.4. The van der Waals surface area contributed by atoms with Crippen LogP contribution in [0.1, 0.15) is 62.1 Å². The molecule has 2 atom stereocenters. The minimum Gasteiger partial charge on any atom is -0.396 e. The van der Waals surface area contributed by atoms with E-state index in [1.54, 1.807) is 0 Å². The van der Waals surface area contributed by atoms with Crippen LogP contribution in [0.3, 0.4) is 0 Å². The molecular formula is C23H34N6O2. The molecule has 0 radical (unpaired) electrons. The molecule has 1 fully saturated rings. The van der Waals surface area contributed by atoms with Crippen LogP contribution in [-0.2, 0) is 0 Å². The highest BCUT2D eigenvalue weighted by molar-refractivity contribution is 5.96. The number of nitrogens with zero attached hydrogens (tertiary/aromatic N) is 3. The second kappa shape index (κ2) is 10.5. The summed E-state index contributed by atoms with van der Waals surface area (Å²) in [6.45, 7) is 6.67. The van der Waals surface area contributed by atoms with Crippen LogP contribution < -0.4 is 16.4 Å². The fraction of sp³-hybridized carbons (Fsp3) is 0.565. The lowest BCUT2D eigenvalue weighted by atomic mass is 9.90. The van der Waals surface area contributed by atoms with Gasteiger partial charge in [-0.05, 0) is 37.8 Å². The Balaban J connectivity index is 1.94. The van der Waals surface area contributed by atoms with E-state index in [2.05, 4.69) is 25.6 Å². The molecule has 1 aliphatic carbocycles. The Morgan fingerprint density at radius 3 is 2.81 bits per heavy atom. The maximum atomic E-state index is 12.7. The third-order valence-corrected chi connectivity index (χ3v) is 5.48. The zero-order valence-electron chi connectivity index (χ0n) is 18.7. The van der Waals surface area contributed by atoms with Crippen LogP contribution in [0.2, 0.25) is 0 Å². The summed E-state index contributed by atoms with van der Waals surface area (Å²) in [5.41, 5.74) is 7.81. The van der Waals surface area contributed by atoms with Gasteiger partial charge in [-0.3, -0.25) is 9.79 Å². The van der Waals surface area contributed by atoms with E-state index in [1.807, 2.05) is 39.0 Å². The van der Waals surface area contributed by atoms with E-state index < -0.39 is 0 Å². The molecule has 5 N–H and O–H groups in total. The summed E-state index contributed by atoms with van der Waals surface area (Å²) < 4.78 is 0. The number of hydrogen-bond donors (Lipinski definition) is 4. The minimum atomic E-state index is -0.273. The van der Waals surface area contributed by atoms with Crippen molar-refractivity contribution < 1.29 is 9.90 Å². The molecule has 0 unspecified atom stereocenters. The van der Waals surface area contributed by atoms with Gasteiger partial charge in [0.25, 0.3) is 5.91 Å². The van der Waals surface area contributed by atoms with Gasteiger partial charge in [0.2, 0.25) is 5.82 Å². The van der Waals surface area contributed by atoms with Gasteiger partial charge < -0.3 is 21.5 Å². The first-order valence-electron chi connectivity index (χ1n) is 11.1. The summed E-state index contributed by atoms with van der Waals surface area (Å²) in [5.74, 6) is 1.35. The highest BCUT2D eigenvalue weighted by Crippen LogP contribution is 2.28. The van der Waals surface area contributed by atoms with Crippen molar-refractivity contribution in [3.8, 4) is 0 Å². The first kappa shape index (κ1) is 22.9. The number of amides is 1. The third-order valence-electron chi connectivity index (χ3n) is 5.48. The monoisotopic (exact) mass is 426 g/mol. The number of aliphatic imine (C=N–C) groups is 1. The molecule has 8 nitrogen and oxygen atoms in total. The minimum absolute atomic E-state index is 0.00772. The van der Waals surface area contributed by atoms with Crippen LogP contribution in [0, 0.1) is 12.8 Å². The van der Waals surface area contributed by atoms with Gasteiger partial charge in [-0.2, -0.15) is 0 Å². The summed E-state index contributed by atoms with van der Waals surface area (Å²) >= 11 is 0. The Hall–Kier alpha value is -2.74. The lowest BCUT2D eigenvalue weighted by Crippen LogP contribution is -2.37. The first-order valence-corrected chi connectivity index (χ1v) is 11.1. The van der Waals surface area contributed by atoms with E-state index in [0.29, 0.717) is 30.5 Å². The number of rotatable bonds is 8. The molecule has 0 aliphatic heterocycles. The summed E-state index contributed by atoms with van der Waals surface area (Å²) in [6, 6.07) is 6.00. The molecule has 31 heavy (non-hydrogen) atoms. The fourth-order valence-electron chi connectivity index (χ4n) is 3.83. The highest BCUT2D eigenvalue weighted by Gasteiger charge is 2.26. The molecule has 0 spiro atoms. The summed E-state index contributed by atoms with van der Waals surface area (Å²) in [5, 5.41) is 16.5. The molecule has 0 bridgehead atoms. The second-order valence-electron chi connectivity index (χ2n) is 8.72. The largest absolute Gasteiger partial charge is 0.396 e. The molecule has 3 rings (SSSR count). The number of amidine groups is 1. The average Bonchev–Trinajstić information content (AvgIpc) is 2.73. The normalized spacial score (nSPS) is 19.6. The molecule has 2 aromatic rings. The van der Waals surface area contributed by atoms with Gasteiger partial charge in [0.1, 0.15) is 5.82 Å². The van der Waals surface area contributed by atoms with E-state index in [0.717, 1.165) is 42.1 Å². The van der Waals surface area contributed by atoms with Crippen LogP contribution in [-0.4, -0.2) is 52.1 Å². The van der Waals surface area contributed by atoms with Crippen LogP contribution in [0.15, 0.2) is 23.2 Å². The second-order valence-corrected chi connectivity index (χ2v) is 8.72. The lowest BCUT2D eigenvalue weighted by Gasteiger charge is -2.30. The SMILES string of the molecule is Cc1ccc2nc(C(=O)NCC(C)C)nc(N[C@H]3CCCC[C@H]3N=C(N)CCO)c2c1. The molecule has 1 aliphatic rings. The molecule has 8 heteroatoms. The standard InChI is InChI=1S/C23H34N6O2/c1-14(2)13-25-23(31)22-27-17-9-8-15(3)12-16(17)21(29-22)28-19-7-5-4-6-18(19)26-20(24)10-11-30/h8-9,12,14,18-19,30H,4-7,10-11,13H2,1-3H3,(H2,24,26)(H,25,31)(H,27,28,29)/t18-,19+/m1/s1. The maximum Gasteiger partial charge on any atom is 0.289 e. The number of anilines is 1. The number of aryl methyl sites for hydroxylation is 1. The third kappa shape index (κ3) is 6.13. The molecule has 0 saturated heterocycles. The highest BCUT2D eigenvalue weighted by atomic mass is 16.3.